The molecule has 2 rings (SSSR count). The summed E-state index contributed by atoms with van der Waals surface area (Å²) in [7, 11) is 0. The minimum absolute atomic E-state index is 0.0702. The zero-order chi connectivity index (χ0) is 11.6. The van der Waals surface area contributed by atoms with E-state index in [1.807, 2.05) is 0 Å². The van der Waals surface area contributed by atoms with Crippen molar-refractivity contribution >= 4 is 5.91 Å². The molecular weight excluding hydrogens is 200 g/mol. The minimum Gasteiger partial charge on any atom is -0.351 e. The third-order valence-electron chi connectivity index (χ3n) is 4.32. The molecule has 16 heavy (non-hydrogen) atoms. The summed E-state index contributed by atoms with van der Waals surface area (Å²) in [6.45, 7) is 6.28. The molecule has 92 valence electrons. The molecule has 1 saturated heterocycles. The highest BCUT2D eigenvalue weighted by Gasteiger charge is 2.34. The van der Waals surface area contributed by atoms with Crippen molar-refractivity contribution in [1.29, 1.82) is 0 Å². The summed E-state index contributed by atoms with van der Waals surface area (Å²) in [6, 6.07) is 0. The summed E-state index contributed by atoms with van der Waals surface area (Å²) in [5, 5.41) is 6.51. The van der Waals surface area contributed by atoms with Gasteiger partial charge >= 0.3 is 0 Å². The van der Waals surface area contributed by atoms with Gasteiger partial charge in [0, 0.05) is 11.5 Å². The first-order chi connectivity index (χ1) is 7.61. The predicted molar refractivity (Wildman–Crippen MR) is 65.2 cm³/mol. The first kappa shape index (κ1) is 11.9. The van der Waals surface area contributed by atoms with E-state index in [2.05, 4.69) is 24.5 Å². The van der Waals surface area contributed by atoms with Crippen molar-refractivity contribution in [2.24, 2.45) is 11.8 Å². The van der Waals surface area contributed by atoms with Gasteiger partial charge < -0.3 is 10.6 Å². The highest BCUT2D eigenvalue weighted by atomic mass is 16.2. The first-order valence-corrected chi connectivity index (χ1v) is 6.63. The molecule has 0 aromatic carbocycles. The minimum atomic E-state index is 0.0702. The van der Waals surface area contributed by atoms with Crippen LogP contribution in [0.5, 0.6) is 0 Å². The molecule has 0 radical (unpaired) electrons. The lowest BCUT2D eigenvalue weighted by molar-refractivity contribution is -0.128. The molecule has 1 aliphatic heterocycles. The second-order valence-electron chi connectivity index (χ2n) is 5.82. The van der Waals surface area contributed by atoms with Gasteiger partial charge in [0.25, 0.3) is 0 Å². The molecule has 3 heteroatoms. The fourth-order valence-corrected chi connectivity index (χ4v) is 2.75. The first-order valence-electron chi connectivity index (χ1n) is 6.63. The van der Waals surface area contributed by atoms with E-state index < -0.39 is 0 Å². The van der Waals surface area contributed by atoms with Crippen molar-refractivity contribution in [3.63, 3.8) is 0 Å². The van der Waals surface area contributed by atoms with E-state index >= 15 is 0 Å². The molecule has 0 aromatic heterocycles. The van der Waals surface area contributed by atoms with Crippen molar-refractivity contribution in [3.8, 4) is 0 Å². The summed E-state index contributed by atoms with van der Waals surface area (Å²) < 4.78 is 0. The number of carbonyl (C=O) groups excluding carboxylic acids is 1. The Hall–Kier alpha value is -0.570. The van der Waals surface area contributed by atoms with Crippen molar-refractivity contribution in [2.45, 2.75) is 51.5 Å². The van der Waals surface area contributed by atoms with E-state index in [0.717, 1.165) is 25.9 Å². The van der Waals surface area contributed by atoms with Gasteiger partial charge in [0.15, 0.2) is 0 Å². The molecule has 1 atom stereocenters. The zero-order valence-corrected chi connectivity index (χ0v) is 10.5. The largest absolute Gasteiger partial charge is 0.351 e. The van der Waals surface area contributed by atoms with Gasteiger partial charge in [0.1, 0.15) is 0 Å². The van der Waals surface area contributed by atoms with E-state index in [4.69, 9.17) is 0 Å². The standard InChI is InChI=1S/C13H24N2O/c1-10(11-8-14-9-11)12(16)15-13(2)6-4-3-5-7-13/h10-11,14H,3-9H2,1-2H3,(H,15,16). The van der Waals surface area contributed by atoms with Gasteiger partial charge in [-0.3, -0.25) is 4.79 Å². The number of rotatable bonds is 3. The maximum absolute atomic E-state index is 12.1. The van der Waals surface area contributed by atoms with E-state index in [9.17, 15) is 4.79 Å². The lowest BCUT2D eigenvalue weighted by atomic mass is 9.81. The molecule has 2 aliphatic rings. The number of nitrogens with one attached hydrogen (secondary N) is 2. The molecular formula is C13H24N2O. The van der Waals surface area contributed by atoms with Crippen LogP contribution < -0.4 is 10.6 Å². The molecule has 2 N–H and O–H groups in total. The Bertz CT molecular complexity index is 255. The summed E-state index contributed by atoms with van der Waals surface area (Å²) in [6.07, 6.45) is 6.14. The van der Waals surface area contributed by atoms with E-state index in [1.165, 1.54) is 19.3 Å². The van der Waals surface area contributed by atoms with Crippen LogP contribution >= 0.6 is 0 Å². The Kier molecular flexibility index (Phi) is 3.53. The molecule has 1 saturated carbocycles. The number of carbonyl (C=O) groups is 1. The van der Waals surface area contributed by atoms with Crippen LogP contribution in [0.3, 0.4) is 0 Å². The third kappa shape index (κ3) is 2.57. The Morgan fingerprint density at radius 3 is 2.44 bits per heavy atom. The van der Waals surface area contributed by atoms with Crippen molar-refractivity contribution in [3.05, 3.63) is 0 Å². The molecule has 3 nitrogen and oxygen atoms in total. The molecule has 1 amide bonds. The number of hydrogen-bond donors (Lipinski definition) is 2. The van der Waals surface area contributed by atoms with Crippen LogP contribution in [0.1, 0.15) is 46.0 Å². The quantitative estimate of drug-likeness (QED) is 0.766. The molecule has 2 fully saturated rings. The third-order valence-corrected chi connectivity index (χ3v) is 4.32. The van der Waals surface area contributed by atoms with Gasteiger partial charge in [-0.15, -0.1) is 0 Å². The van der Waals surface area contributed by atoms with Gasteiger partial charge in [-0.1, -0.05) is 26.2 Å². The summed E-state index contributed by atoms with van der Waals surface area (Å²) in [5.41, 5.74) is 0.0702. The Balaban J connectivity index is 1.85. The number of amides is 1. The van der Waals surface area contributed by atoms with Crippen molar-refractivity contribution < 1.29 is 4.79 Å². The van der Waals surface area contributed by atoms with Crippen LogP contribution in [-0.4, -0.2) is 24.5 Å². The fraction of sp³-hybridized carbons (Fsp3) is 0.923. The van der Waals surface area contributed by atoms with E-state index in [0.29, 0.717) is 5.92 Å². The van der Waals surface area contributed by atoms with Crippen LogP contribution in [0.2, 0.25) is 0 Å². The molecule has 1 unspecified atom stereocenters. The summed E-state index contributed by atoms with van der Waals surface area (Å²) >= 11 is 0. The summed E-state index contributed by atoms with van der Waals surface area (Å²) in [5.74, 6) is 0.975. The van der Waals surface area contributed by atoms with Crippen LogP contribution in [0.15, 0.2) is 0 Å². The van der Waals surface area contributed by atoms with Gasteiger partial charge in [-0.2, -0.15) is 0 Å². The Morgan fingerprint density at radius 2 is 1.94 bits per heavy atom. The average molecular weight is 224 g/mol. The van der Waals surface area contributed by atoms with Gasteiger partial charge in [0.05, 0.1) is 0 Å². The normalized spacial score (nSPS) is 26.9. The van der Waals surface area contributed by atoms with Crippen LogP contribution in [0.4, 0.5) is 0 Å². The molecule has 0 aromatic rings. The smallest absolute Gasteiger partial charge is 0.223 e. The van der Waals surface area contributed by atoms with Gasteiger partial charge in [0.2, 0.25) is 5.91 Å². The van der Waals surface area contributed by atoms with Crippen LogP contribution in [0, 0.1) is 11.8 Å². The fourth-order valence-electron chi connectivity index (χ4n) is 2.75. The van der Waals surface area contributed by atoms with Gasteiger partial charge in [-0.05, 0) is 38.8 Å². The van der Waals surface area contributed by atoms with E-state index in [-0.39, 0.29) is 17.4 Å². The highest BCUT2D eigenvalue weighted by Crippen LogP contribution is 2.28. The highest BCUT2D eigenvalue weighted by molar-refractivity contribution is 5.79. The maximum atomic E-state index is 12.1. The monoisotopic (exact) mass is 224 g/mol. The average Bonchev–Trinajstić information content (AvgIpc) is 2.15. The Morgan fingerprint density at radius 1 is 1.31 bits per heavy atom. The zero-order valence-electron chi connectivity index (χ0n) is 10.5. The molecule has 1 aliphatic carbocycles. The summed E-state index contributed by atoms with van der Waals surface area (Å²) in [4.78, 5) is 12.1. The SMILES string of the molecule is CC(C(=O)NC1(C)CCCCC1)C1CNC1. The number of hydrogen-bond acceptors (Lipinski definition) is 2. The topological polar surface area (TPSA) is 41.1 Å². The van der Waals surface area contributed by atoms with Crippen LogP contribution in [0.25, 0.3) is 0 Å². The van der Waals surface area contributed by atoms with Crippen molar-refractivity contribution in [2.75, 3.05) is 13.1 Å². The predicted octanol–water partition coefficient (Wildman–Crippen LogP) is 1.68. The molecule has 1 heterocycles. The lowest BCUT2D eigenvalue weighted by Gasteiger charge is -2.38. The van der Waals surface area contributed by atoms with Crippen LogP contribution in [-0.2, 0) is 4.79 Å². The van der Waals surface area contributed by atoms with Crippen molar-refractivity contribution in [1.82, 2.24) is 10.6 Å². The van der Waals surface area contributed by atoms with E-state index in [1.54, 1.807) is 0 Å². The second kappa shape index (κ2) is 4.74. The Labute approximate surface area is 98.4 Å². The molecule has 0 spiro atoms. The maximum Gasteiger partial charge on any atom is 0.223 e. The van der Waals surface area contributed by atoms with Gasteiger partial charge in [-0.25, -0.2) is 0 Å². The lowest BCUT2D eigenvalue weighted by Crippen LogP contribution is -2.54. The second-order valence-corrected chi connectivity index (χ2v) is 5.82. The molecule has 0 bridgehead atoms.